The maximum absolute atomic E-state index is 4.99. The maximum Gasteiger partial charge on any atom is 0.164 e. The topological polar surface area (TPSA) is 43.6 Å². The Hall–Kier alpha value is -6.99. The molecule has 266 valence electrons. The minimum Gasteiger partial charge on any atom is -0.309 e. The summed E-state index contributed by atoms with van der Waals surface area (Å²) < 4.78 is 7.54. The fourth-order valence-electron chi connectivity index (χ4n) is 8.35. The van der Waals surface area contributed by atoms with Crippen molar-refractivity contribution in [2.24, 2.45) is 0 Å². The summed E-state index contributed by atoms with van der Waals surface area (Å²) in [5, 5.41) is 7.70. The van der Waals surface area contributed by atoms with Crippen LogP contribution in [0.25, 0.3) is 113 Å². The molecule has 6 heteroatoms. The van der Waals surface area contributed by atoms with E-state index >= 15 is 0 Å². The third-order valence-corrected chi connectivity index (χ3v) is 13.4. The first-order chi connectivity index (χ1) is 28.2. The van der Waals surface area contributed by atoms with Crippen LogP contribution in [-0.4, -0.2) is 19.5 Å². The predicted octanol–water partition coefficient (Wildman–Crippen LogP) is 14.4. The van der Waals surface area contributed by atoms with Crippen LogP contribution >= 0.6 is 22.7 Å². The SMILES string of the molecule is c1ccc(-c2nc(-c3ccccc3)nc(-c3ccc4c(c3)sc3ccc(-c5ccc6c(c5)c5c7sc8ccccc8c7ccc5n6-c5ccccc5)cc34)n2)cc1. The maximum atomic E-state index is 4.99. The van der Waals surface area contributed by atoms with Gasteiger partial charge < -0.3 is 4.57 Å². The summed E-state index contributed by atoms with van der Waals surface area (Å²) >= 11 is 3.71. The second-order valence-electron chi connectivity index (χ2n) is 14.4. The Balaban J connectivity index is 1.00. The van der Waals surface area contributed by atoms with Crippen LogP contribution in [0.5, 0.6) is 0 Å². The summed E-state index contributed by atoms with van der Waals surface area (Å²) in [5.74, 6) is 1.99. The molecule has 8 aromatic carbocycles. The normalized spacial score (nSPS) is 11.9. The summed E-state index contributed by atoms with van der Waals surface area (Å²) in [5.41, 5.74) is 8.91. The van der Waals surface area contributed by atoms with Gasteiger partial charge in [-0.3, -0.25) is 0 Å². The van der Waals surface area contributed by atoms with Crippen molar-refractivity contribution in [3.05, 3.63) is 182 Å². The third-order valence-electron chi connectivity index (χ3n) is 11.0. The monoisotopic (exact) mass is 762 g/mol. The van der Waals surface area contributed by atoms with Crippen LogP contribution in [0.3, 0.4) is 0 Å². The highest BCUT2D eigenvalue weighted by Crippen LogP contribution is 2.45. The second kappa shape index (κ2) is 12.8. The minimum atomic E-state index is 0.664. The van der Waals surface area contributed by atoms with E-state index < -0.39 is 0 Å². The lowest BCUT2D eigenvalue weighted by molar-refractivity contribution is 1.07. The molecule has 4 nitrogen and oxygen atoms in total. The summed E-state index contributed by atoms with van der Waals surface area (Å²) in [6, 6.07) is 64.9. The molecule has 4 aromatic heterocycles. The fraction of sp³-hybridized carbons (Fsp3) is 0. The van der Waals surface area contributed by atoms with E-state index in [9.17, 15) is 0 Å². The van der Waals surface area contributed by atoms with Gasteiger partial charge in [-0.15, -0.1) is 22.7 Å². The highest BCUT2D eigenvalue weighted by Gasteiger charge is 2.19. The van der Waals surface area contributed by atoms with Gasteiger partial charge in [-0.1, -0.05) is 127 Å². The van der Waals surface area contributed by atoms with Crippen molar-refractivity contribution >= 4 is 84.8 Å². The quantitative estimate of drug-likeness (QED) is 0.175. The van der Waals surface area contributed by atoms with Crippen LogP contribution in [0.2, 0.25) is 0 Å². The second-order valence-corrected chi connectivity index (χ2v) is 16.5. The number of aromatic nitrogens is 4. The van der Waals surface area contributed by atoms with Crippen LogP contribution in [0, 0.1) is 0 Å². The van der Waals surface area contributed by atoms with Gasteiger partial charge in [-0.25, -0.2) is 15.0 Å². The molecule has 0 aliphatic rings. The molecule has 0 radical (unpaired) electrons. The first-order valence-electron chi connectivity index (χ1n) is 19.0. The van der Waals surface area contributed by atoms with Gasteiger partial charge in [0.1, 0.15) is 0 Å². The van der Waals surface area contributed by atoms with Crippen LogP contribution in [0.1, 0.15) is 0 Å². The zero-order chi connectivity index (χ0) is 37.5. The van der Waals surface area contributed by atoms with Crippen molar-refractivity contribution in [3.63, 3.8) is 0 Å². The van der Waals surface area contributed by atoms with Crippen molar-refractivity contribution in [2.45, 2.75) is 0 Å². The lowest BCUT2D eigenvalue weighted by atomic mass is 10.00. The molecule has 0 atom stereocenters. The third kappa shape index (κ3) is 5.22. The molecule has 0 unspecified atom stereocenters. The van der Waals surface area contributed by atoms with Gasteiger partial charge in [0.25, 0.3) is 0 Å². The highest BCUT2D eigenvalue weighted by molar-refractivity contribution is 7.27. The van der Waals surface area contributed by atoms with Crippen LogP contribution < -0.4 is 0 Å². The number of thiophene rings is 2. The first kappa shape index (κ1) is 32.3. The first-order valence-corrected chi connectivity index (χ1v) is 20.6. The van der Waals surface area contributed by atoms with Crippen molar-refractivity contribution in [1.29, 1.82) is 0 Å². The van der Waals surface area contributed by atoms with E-state index in [1.54, 1.807) is 0 Å². The molecular weight excluding hydrogens is 733 g/mol. The van der Waals surface area contributed by atoms with E-state index in [-0.39, 0.29) is 0 Å². The van der Waals surface area contributed by atoms with E-state index in [1.165, 1.54) is 79.0 Å². The summed E-state index contributed by atoms with van der Waals surface area (Å²) in [6.07, 6.45) is 0. The molecule has 57 heavy (non-hydrogen) atoms. The molecule has 12 aromatic rings. The van der Waals surface area contributed by atoms with E-state index in [2.05, 4.69) is 126 Å². The average Bonchev–Trinajstić information content (AvgIpc) is 3.95. The lowest BCUT2D eigenvalue weighted by Gasteiger charge is -2.08. The van der Waals surface area contributed by atoms with Crippen molar-refractivity contribution in [2.75, 3.05) is 0 Å². The summed E-state index contributed by atoms with van der Waals surface area (Å²) in [6.45, 7) is 0. The Morgan fingerprint density at radius 3 is 1.61 bits per heavy atom. The van der Waals surface area contributed by atoms with Crippen molar-refractivity contribution < 1.29 is 0 Å². The number of nitrogens with zero attached hydrogens (tertiary/aromatic N) is 4. The van der Waals surface area contributed by atoms with E-state index in [0.717, 1.165) is 16.7 Å². The van der Waals surface area contributed by atoms with Crippen LogP contribution in [0.4, 0.5) is 0 Å². The number of hydrogen-bond donors (Lipinski definition) is 0. The summed E-state index contributed by atoms with van der Waals surface area (Å²) in [4.78, 5) is 14.9. The molecule has 0 aliphatic heterocycles. The Kier molecular flexibility index (Phi) is 7.24. The summed E-state index contributed by atoms with van der Waals surface area (Å²) in [7, 11) is 0. The highest BCUT2D eigenvalue weighted by atomic mass is 32.1. The van der Waals surface area contributed by atoms with Gasteiger partial charge in [0.15, 0.2) is 17.5 Å². The minimum absolute atomic E-state index is 0.664. The Bertz CT molecular complexity index is 3450. The molecule has 0 saturated heterocycles. The molecule has 0 saturated carbocycles. The zero-order valence-corrected chi connectivity index (χ0v) is 32.1. The fourth-order valence-corrected chi connectivity index (χ4v) is 10.7. The van der Waals surface area contributed by atoms with E-state index in [4.69, 9.17) is 15.0 Å². The number of para-hydroxylation sites is 1. The Morgan fingerprint density at radius 2 is 0.877 bits per heavy atom. The molecule has 0 bridgehead atoms. The van der Waals surface area contributed by atoms with Crippen LogP contribution in [0.15, 0.2) is 182 Å². The number of rotatable bonds is 5. The smallest absolute Gasteiger partial charge is 0.164 e. The van der Waals surface area contributed by atoms with Crippen LogP contribution in [-0.2, 0) is 0 Å². The Morgan fingerprint density at radius 1 is 0.333 bits per heavy atom. The van der Waals surface area contributed by atoms with Crippen molar-refractivity contribution in [1.82, 2.24) is 19.5 Å². The molecule has 0 amide bonds. The van der Waals surface area contributed by atoms with E-state index in [0.29, 0.717) is 17.5 Å². The molecule has 0 fully saturated rings. The van der Waals surface area contributed by atoms with Gasteiger partial charge in [-0.05, 0) is 65.7 Å². The number of benzene rings is 8. The van der Waals surface area contributed by atoms with Gasteiger partial charge in [-0.2, -0.15) is 0 Å². The number of hydrogen-bond acceptors (Lipinski definition) is 5. The largest absolute Gasteiger partial charge is 0.309 e. The van der Waals surface area contributed by atoms with Gasteiger partial charge in [0.2, 0.25) is 0 Å². The van der Waals surface area contributed by atoms with Gasteiger partial charge in [0.05, 0.1) is 11.0 Å². The molecule has 4 heterocycles. The predicted molar refractivity (Wildman–Crippen MR) is 242 cm³/mol. The molecule has 0 aliphatic carbocycles. The van der Waals surface area contributed by atoms with Crippen molar-refractivity contribution in [3.8, 4) is 51.0 Å². The molecule has 0 spiro atoms. The molecule has 0 N–H and O–H groups in total. The van der Waals surface area contributed by atoms with Gasteiger partial charge >= 0.3 is 0 Å². The number of fused-ring (bicyclic) bond motifs is 10. The average molecular weight is 763 g/mol. The lowest BCUT2D eigenvalue weighted by Crippen LogP contribution is -1.99. The molecular formula is C51H30N4S2. The molecule has 12 rings (SSSR count). The zero-order valence-electron chi connectivity index (χ0n) is 30.4. The standard InChI is InChI=1S/C51H30N4S2/c1-4-12-31(13-5-1)49-52-50(32-14-6-2-7-15-32)54-51(53-49)35-20-23-38-40-28-34(22-27-45(40)56-46(38)30-35)33-21-25-42-41(29-33)47-43(55(42)36-16-8-3-9-17-36)26-24-39-37-18-10-11-19-44(37)57-48(39)47/h1-30H. The van der Waals surface area contributed by atoms with Gasteiger partial charge in [0, 0.05) is 73.5 Å². The van der Waals surface area contributed by atoms with E-state index in [1.807, 2.05) is 83.3 Å². The Labute approximate surface area is 335 Å².